The van der Waals surface area contributed by atoms with Gasteiger partial charge in [0.05, 0.1) is 0 Å². The van der Waals surface area contributed by atoms with E-state index in [1.807, 2.05) is 25.1 Å². The average Bonchev–Trinajstić information content (AvgIpc) is 2.89. The summed E-state index contributed by atoms with van der Waals surface area (Å²) in [6.07, 6.45) is 0.785. The van der Waals surface area contributed by atoms with Gasteiger partial charge in [-0.1, -0.05) is 35.0 Å². The lowest BCUT2D eigenvalue weighted by Crippen LogP contribution is -2.28. The van der Waals surface area contributed by atoms with Crippen LogP contribution in [0.25, 0.3) is 0 Å². The molecule has 5 heteroatoms. The number of carbonyl (C=O) groups is 1. The number of aromatic nitrogens is 1. The number of fused-ring (bicyclic) bond motifs is 1. The predicted octanol–water partition coefficient (Wildman–Crippen LogP) is 1.56. The van der Waals surface area contributed by atoms with Gasteiger partial charge < -0.3 is 15.2 Å². The molecule has 104 valence electrons. The van der Waals surface area contributed by atoms with Crippen molar-refractivity contribution in [3.05, 3.63) is 52.4 Å². The smallest absolute Gasteiger partial charge is 0.274 e. The first-order chi connectivity index (χ1) is 9.74. The summed E-state index contributed by atoms with van der Waals surface area (Å²) in [6.45, 7) is 4.04. The van der Waals surface area contributed by atoms with Gasteiger partial charge in [0.15, 0.2) is 5.69 Å². The van der Waals surface area contributed by atoms with Crippen LogP contribution in [0.15, 0.2) is 28.8 Å². The molecule has 1 aliphatic heterocycles. The van der Waals surface area contributed by atoms with E-state index in [1.165, 1.54) is 5.56 Å². The van der Waals surface area contributed by atoms with E-state index >= 15 is 0 Å². The Hall–Kier alpha value is -2.14. The Morgan fingerprint density at radius 2 is 2.40 bits per heavy atom. The number of amides is 1. The summed E-state index contributed by atoms with van der Waals surface area (Å²) in [7, 11) is 0. The highest BCUT2D eigenvalue weighted by Crippen LogP contribution is 2.17. The van der Waals surface area contributed by atoms with Crippen molar-refractivity contribution >= 4 is 5.91 Å². The first kappa shape index (κ1) is 12.9. The topological polar surface area (TPSA) is 67.2 Å². The maximum atomic E-state index is 12.2. The van der Waals surface area contributed by atoms with Crippen LogP contribution >= 0.6 is 0 Å². The van der Waals surface area contributed by atoms with E-state index in [0.717, 1.165) is 29.9 Å². The Bertz CT molecular complexity index is 634. The standard InChI is InChI=1S/C15H17N3O2/c1-10-3-2-4-11(7-10)8-17-15(19)14-12-9-16-6-5-13(12)20-18-14/h2-4,7,16H,5-6,8-9H2,1H3,(H,17,19). The number of rotatable bonds is 3. The molecule has 0 saturated heterocycles. The highest BCUT2D eigenvalue weighted by Gasteiger charge is 2.23. The normalized spacial score (nSPS) is 13.8. The van der Waals surface area contributed by atoms with Gasteiger partial charge in [-0.2, -0.15) is 0 Å². The molecular formula is C15H17N3O2. The van der Waals surface area contributed by atoms with Gasteiger partial charge in [0.1, 0.15) is 5.76 Å². The molecule has 0 atom stereocenters. The molecule has 2 aromatic rings. The molecule has 2 heterocycles. The van der Waals surface area contributed by atoms with Crippen molar-refractivity contribution < 1.29 is 9.32 Å². The lowest BCUT2D eigenvalue weighted by molar-refractivity contribution is 0.0941. The van der Waals surface area contributed by atoms with Crippen molar-refractivity contribution in [2.24, 2.45) is 0 Å². The van der Waals surface area contributed by atoms with Crippen LogP contribution in [0, 0.1) is 6.92 Å². The molecule has 1 aromatic heterocycles. The molecule has 0 spiro atoms. The molecule has 3 rings (SSSR count). The second-order valence-electron chi connectivity index (χ2n) is 5.03. The molecule has 20 heavy (non-hydrogen) atoms. The van der Waals surface area contributed by atoms with Crippen LogP contribution < -0.4 is 10.6 Å². The first-order valence-corrected chi connectivity index (χ1v) is 6.76. The zero-order valence-corrected chi connectivity index (χ0v) is 11.4. The molecule has 0 saturated carbocycles. The largest absolute Gasteiger partial charge is 0.360 e. The number of aryl methyl sites for hydroxylation is 1. The minimum absolute atomic E-state index is 0.180. The summed E-state index contributed by atoms with van der Waals surface area (Å²) in [4.78, 5) is 12.2. The number of benzene rings is 1. The molecule has 0 radical (unpaired) electrons. The van der Waals surface area contributed by atoms with E-state index in [9.17, 15) is 4.79 Å². The number of nitrogens with zero attached hydrogens (tertiary/aromatic N) is 1. The van der Waals surface area contributed by atoms with Crippen LogP contribution in [0.4, 0.5) is 0 Å². The second kappa shape index (κ2) is 5.46. The summed E-state index contributed by atoms with van der Waals surface area (Å²) in [5.41, 5.74) is 3.55. The summed E-state index contributed by atoms with van der Waals surface area (Å²) in [6, 6.07) is 8.07. The van der Waals surface area contributed by atoms with E-state index in [-0.39, 0.29) is 5.91 Å². The summed E-state index contributed by atoms with van der Waals surface area (Å²) < 4.78 is 5.23. The molecule has 0 fully saturated rings. The Morgan fingerprint density at radius 3 is 3.25 bits per heavy atom. The fourth-order valence-electron chi connectivity index (χ4n) is 2.40. The molecule has 0 aliphatic carbocycles. The van der Waals surface area contributed by atoms with Crippen LogP contribution in [0.5, 0.6) is 0 Å². The van der Waals surface area contributed by atoms with Crippen LogP contribution in [0.2, 0.25) is 0 Å². The second-order valence-corrected chi connectivity index (χ2v) is 5.03. The van der Waals surface area contributed by atoms with E-state index in [1.54, 1.807) is 0 Å². The fourth-order valence-corrected chi connectivity index (χ4v) is 2.40. The Balaban J connectivity index is 1.69. The molecule has 5 nitrogen and oxygen atoms in total. The molecule has 1 aromatic carbocycles. The summed E-state index contributed by atoms with van der Waals surface area (Å²) in [5, 5.41) is 10.0. The first-order valence-electron chi connectivity index (χ1n) is 6.76. The van der Waals surface area contributed by atoms with E-state index in [2.05, 4.69) is 21.9 Å². The highest BCUT2D eigenvalue weighted by molar-refractivity contribution is 5.93. The molecule has 0 bridgehead atoms. The van der Waals surface area contributed by atoms with Crippen molar-refractivity contribution in [2.75, 3.05) is 6.54 Å². The third kappa shape index (κ3) is 2.58. The van der Waals surface area contributed by atoms with Gasteiger partial charge in [0, 0.05) is 31.6 Å². The van der Waals surface area contributed by atoms with Crippen LogP contribution in [0.3, 0.4) is 0 Å². The molecule has 0 unspecified atom stereocenters. The van der Waals surface area contributed by atoms with Crippen molar-refractivity contribution in [1.29, 1.82) is 0 Å². The summed E-state index contributed by atoms with van der Waals surface area (Å²) in [5.74, 6) is 0.643. The van der Waals surface area contributed by atoms with Gasteiger partial charge in [-0.25, -0.2) is 0 Å². The van der Waals surface area contributed by atoms with Gasteiger partial charge in [-0.05, 0) is 12.5 Å². The van der Waals surface area contributed by atoms with E-state index < -0.39 is 0 Å². The number of hydrogen-bond acceptors (Lipinski definition) is 4. The number of hydrogen-bond donors (Lipinski definition) is 2. The van der Waals surface area contributed by atoms with Gasteiger partial charge in [-0.15, -0.1) is 0 Å². The lowest BCUT2D eigenvalue weighted by atomic mass is 10.1. The third-order valence-electron chi connectivity index (χ3n) is 3.45. The van der Waals surface area contributed by atoms with Crippen LogP contribution in [0.1, 0.15) is 32.9 Å². The Labute approximate surface area is 117 Å². The quantitative estimate of drug-likeness (QED) is 0.889. The predicted molar refractivity (Wildman–Crippen MR) is 74.3 cm³/mol. The van der Waals surface area contributed by atoms with Gasteiger partial charge >= 0.3 is 0 Å². The number of nitrogens with one attached hydrogen (secondary N) is 2. The Morgan fingerprint density at radius 1 is 1.50 bits per heavy atom. The Kier molecular flexibility index (Phi) is 3.52. The zero-order valence-electron chi connectivity index (χ0n) is 11.4. The monoisotopic (exact) mass is 271 g/mol. The zero-order chi connectivity index (χ0) is 13.9. The molecule has 1 aliphatic rings. The third-order valence-corrected chi connectivity index (χ3v) is 3.45. The minimum Gasteiger partial charge on any atom is -0.360 e. The fraction of sp³-hybridized carbons (Fsp3) is 0.333. The van der Waals surface area contributed by atoms with Gasteiger partial charge in [0.25, 0.3) is 5.91 Å². The van der Waals surface area contributed by atoms with E-state index in [4.69, 9.17) is 4.52 Å². The van der Waals surface area contributed by atoms with Crippen molar-refractivity contribution in [1.82, 2.24) is 15.8 Å². The number of carbonyl (C=O) groups excluding carboxylic acids is 1. The van der Waals surface area contributed by atoms with E-state index in [0.29, 0.717) is 18.8 Å². The average molecular weight is 271 g/mol. The lowest BCUT2D eigenvalue weighted by Gasteiger charge is -2.11. The molecular weight excluding hydrogens is 254 g/mol. The maximum absolute atomic E-state index is 12.2. The van der Waals surface area contributed by atoms with Crippen molar-refractivity contribution in [3.63, 3.8) is 0 Å². The van der Waals surface area contributed by atoms with Crippen molar-refractivity contribution in [3.8, 4) is 0 Å². The molecule has 2 N–H and O–H groups in total. The van der Waals surface area contributed by atoms with Gasteiger partial charge in [-0.3, -0.25) is 4.79 Å². The molecule has 1 amide bonds. The van der Waals surface area contributed by atoms with Crippen LogP contribution in [-0.4, -0.2) is 17.6 Å². The van der Waals surface area contributed by atoms with Crippen LogP contribution in [-0.2, 0) is 19.5 Å². The van der Waals surface area contributed by atoms with Gasteiger partial charge in [0.2, 0.25) is 0 Å². The SMILES string of the molecule is Cc1cccc(CNC(=O)c2noc3c2CNCC3)c1. The maximum Gasteiger partial charge on any atom is 0.274 e. The van der Waals surface area contributed by atoms with Crippen molar-refractivity contribution in [2.45, 2.75) is 26.4 Å². The summed E-state index contributed by atoms with van der Waals surface area (Å²) >= 11 is 0. The minimum atomic E-state index is -0.180. The highest BCUT2D eigenvalue weighted by atomic mass is 16.5.